The highest BCUT2D eigenvalue weighted by atomic mass is 16.5. The minimum atomic E-state index is -0.219. The summed E-state index contributed by atoms with van der Waals surface area (Å²) in [5.74, 6) is -0.301. The van der Waals surface area contributed by atoms with Crippen LogP contribution in [0.1, 0.15) is 24.6 Å². The molecule has 1 aromatic heterocycles. The van der Waals surface area contributed by atoms with Crippen molar-refractivity contribution in [2.75, 3.05) is 6.61 Å². The SMILES string of the molecule is CCOC(=O)[C@H]1CCc2n[nH]c(=O)cc2C1. The second kappa shape index (κ2) is 4.47. The van der Waals surface area contributed by atoms with Gasteiger partial charge < -0.3 is 4.74 Å². The minimum Gasteiger partial charge on any atom is -0.466 e. The molecule has 1 aromatic rings. The zero-order valence-electron chi connectivity index (χ0n) is 9.16. The largest absolute Gasteiger partial charge is 0.466 e. The van der Waals surface area contributed by atoms with E-state index in [0.29, 0.717) is 13.0 Å². The minimum absolute atomic E-state index is 0.129. The Morgan fingerprint density at radius 1 is 1.69 bits per heavy atom. The van der Waals surface area contributed by atoms with Gasteiger partial charge in [0.05, 0.1) is 18.2 Å². The summed E-state index contributed by atoms with van der Waals surface area (Å²) in [4.78, 5) is 22.7. The lowest BCUT2D eigenvalue weighted by atomic mass is 9.87. The lowest BCUT2D eigenvalue weighted by molar-refractivity contribution is -0.148. The zero-order chi connectivity index (χ0) is 11.5. The van der Waals surface area contributed by atoms with Crippen molar-refractivity contribution in [2.24, 2.45) is 5.92 Å². The number of carbonyl (C=O) groups excluding carboxylic acids is 1. The maximum absolute atomic E-state index is 11.6. The van der Waals surface area contributed by atoms with Gasteiger partial charge in [-0.1, -0.05) is 0 Å². The topological polar surface area (TPSA) is 72.0 Å². The van der Waals surface area contributed by atoms with Crippen molar-refractivity contribution < 1.29 is 9.53 Å². The molecule has 0 saturated heterocycles. The zero-order valence-corrected chi connectivity index (χ0v) is 9.16. The number of rotatable bonds is 2. The summed E-state index contributed by atoms with van der Waals surface area (Å²) >= 11 is 0. The lowest BCUT2D eigenvalue weighted by Gasteiger charge is -2.21. The van der Waals surface area contributed by atoms with Gasteiger partial charge in [-0.25, -0.2) is 5.10 Å². The number of nitrogens with one attached hydrogen (secondary N) is 1. The molecule has 0 spiro atoms. The van der Waals surface area contributed by atoms with Crippen molar-refractivity contribution in [3.05, 3.63) is 27.7 Å². The van der Waals surface area contributed by atoms with Gasteiger partial charge in [-0.05, 0) is 31.7 Å². The highest BCUT2D eigenvalue weighted by Gasteiger charge is 2.26. The standard InChI is InChI=1S/C11H14N2O3/c1-2-16-11(15)7-3-4-9-8(5-7)6-10(14)13-12-9/h6-7H,2-5H2,1H3,(H,13,14)/t7-/m0/s1. The first-order chi connectivity index (χ1) is 7.70. The maximum Gasteiger partial charge on any atom is 0.309 e. The number of aromatic nitrogens is 2. The van der Waals surface area contributed by atoms with E-state index in [1.54, 1.807) is 6.92 Å². The van der Waals surface area contributed by atoms with E-state index in [9.17, 15) is 9.59 Å². The number of ether oxygens (including phenoxy) is 1. The Bertz CT molecular complexity index is 453. The summed E-state index contributed by atoms with van der Waals surface area (Å²) in [6, 6.07) is 1.52. The average molecular weight is 222 g/mol. The van der Waals surface area contributed by atoms with Crippen LogP contribution in [0.15, 0.2) is 10.9 Å². The van der Waals surface area contributed by atoms with E-state index in [1.165, 1.54) is 6.07 Å². The van der Waals surface area contributed by atoms with Crippen molar-refractivity contribution in [1.82, 2.24) is 10.2 Å². The number of fused-ring (bicyclic) bond motifs is 1. The smallest absolute Gasteiger partial charge is 0.309 e. The molecule has 16 heavy (non-hydrogen) atoms. The molecule has 0 unspecified atom stereocenters. The summed E-state index contributed by atoms with van der Waals surface area (Å²) in [5, 5.41) is 6.38. The molecule has 0 saturated carbocycles. The molecule has 5 heteroatoms. The van der Waals surface area contributed by atoms with Gasteiger partial charge in [-0.3, -0.25) is 9.59 Å². The Morgan fingerprint density at radius 2 is 2.50 bits per heavy atom. The number of hydrogen-bond acceptors (Lipinski definition) is 4. The fourth-order valence-electron chi connectivity index (χ4n) is 2.00. The van der Waals surface area contributed by atoms with Gasteiger partial charge in [0.1, 0.15) is 0 Å². The molecule has 86 valence electrons. The number of nitrogens with zero attached hydrogens (tertiary/aromatic N) is 1. The van der Waals surface area contributed by atoms with Crippen LogP contribution in [-0.4, -0.2) is 22.8 Å². The van der Waals surface area contributed by atoms with Gasteiger partial charge in [0.15, 0.2) is 0 Å². The Balaban J connectivity index is 2.16. The van der Waals surface area contributed by atoms with Gasteiger partial charge in [0.25, 0.3) is 5.56 Å². The summed E-state index contributed by atoms with van der Waals surface area (Å²) in [6.07, 6.45) is 2.02. The van der Waals surface area contributed by atoms with Crippen LogP contribution in [0.25, 0.3) is 0 Å². The van der Waals surface area contributed by atoms with E-state index >= 15 is 0 Å². The fourth-order valence-corrected chi connectivity index (χ4v) is 2.00. The highest BCUT2D eigenvalue weighted by molar-refractivity contribution is 5.73. The molecule has 0 aliphatic heterocycles. The summed E-state index contributed by atoms with van der Waals surface area (Å²) in [7, 11) is 0. The van der Waals surface area contributed by atoms with Crippen LogP contribution in [0.3, 0.4) is 0 Å². The van der Waals surface area contributed by atoms with E-state index in [-0.39, 0.29) is 17.4 Å². The first-order valence-corrected chi connectivity index (χ1v) is 5.44. The molecule has 0 bridgehead atoms. The Morgan fingerprint density at radius 3 is 3.25 bits per heavy atom. The summed E-state index contributed by atoms with van der Waals surface area (Å²) in [5.41, 5.74) is 1.54. The molecule has 0 radical (unpaired) electrons. The molecule has 5 nitrogen and oxygen atoms in total. The molecular formula is C11H14N2O3. The fraction of sp³-hybridized carbons (Fsp3) is 0.545. The van der Waals surface area contributed by atoms with Gasteiger partial charge in [-0.15, -0.1) is 0 Å². The van der Waals surface area contributed by atoms with Crippen molar-refractivity contribution in [1.29, 1.82) is 0 Å². The van der Waals surface area contributed by atoms with E-state index < -0.39 is 0 Å². The number of aryl methyl sites for hydroxylation is 1. The maximum atomic E-state index is 11.6. The molecule has 1 N–H and O–H groups in total. The van der Waals surface area contributed by atoms with E-state index in [4.69, 9.17) is 4.74 Å². The van der Waals surface area contributed by atoms with Crippen molar-refractivity contribution in [3.8, 4) is 0 Å². The van der Waals surface area contributed by atoms with Gasteiger partial charge in [0, 0.05) is 6.07 Å². The Hall–Kier alpha value is -1.65. The monoisotopic (exact) mass is 222 g/mol. The number of H-pyrrole nitrogens is 1. The summed E-state index contributed by atoms with van der Waals surface area (Å²) in [6.45, 7) is 2.19. The first-order valence-electron chi connectivity index (χ1n) is 5.44. The molecule has 1 aliphatic carbocycles. The molecule has 2 rings (SSSR count). The molecule has 0 aromatic carbocycles. The van der Waals surface area contributed by atoms with Crippen LogP contribution >= 0.6 is 0 Å². The predicted molar refractivity (Wildman–Crippen MR) is 57.0 cm³/mol. The second-order valence-electron chi connectivity index (χ2n) is 3.90. The quantitative estimate of drug-likeness (QED) is 0.737. The molecule has 1 heterocycles. The average Bonchev–Trinajstić information content (AvgIpc) is 2.28. The normalized spacial score (nSPS) is 18.9. The number of hydrogen-bond donors (Lipinski definition) is 1. The third-order valence-electron chi connectivity index (χ3n) is 2.79. The van der Waals surface area contributed by atoms with Crippen molar-refractivity contribution in [2.45, 2.75) is 26.2 Å². The van der Waals surface area contributed by atoms with Crippen LogP contribution in [0.2, 0.25) is 0 Å². The second-order valence-corrected chi connectivity index (χ2v) is 3.90. The number of aromatic amines is 1. The van der Waals surface area contributed by atoms with Crippen LogP contribution in [0, 0.1) is 5.92 Å². The van der Waals surface area contributed by atoms with Crippen molar-refractivity contribution >= 4 is 5.97 Å². The van der Waals surface area contributed by atoms with E-state index in [0.717, 1.165) is 24.1 Å². The van der Waals surface area contributed by atoms with Gasteiger partial charge >= 0.3 is 5.97 Å². The molecule has 0 amide bonds. The third-order valence-corrected chi connectivity index (χ3v) is 2.79. The molecule has 1 atom stereocenters. The van der Waals surface area contributed by atoms with Crippen LogP contribution in [0.4, 0.5) is 0 Å². The van der Waals surface area contributed by atoms with Crippen LogP contribution in [0.5, 0.6) is 0 Å². The predicted octanol–water partition coefficient (Wildman–Crippen LogP) is 0.438. The van der Waals surface area contributed by atoms with E-state index in [2.05, 4.69) is 10.2 Å². The number of esters is 1. The summed E-state index contributed by atoms with van der Waals surface area (Å²) < 4.78 is 4.98. The molecular weight excluding hydrogens is 208 g/mol. The lowest BCUT2D eigenvalue weighted by Crippen LogP contribution is -2.27. The third kappa shape index (κ3) is 2.13. The van der Waals surface area contributed by atoms with Gasteiger partial charge in [0.2, 0.25) is 0 Å². The van der Waals surface area contributed by atoms with Crippen molar-refractivity contribution in [3.63, 3.8) is 0 Å². The molecule has 1 aliphatic rings. The molecule has 0 fully saturated rings. The van der Waals surface area contributed by atoms with E-state index in [1.807, 2.05) is 0 Å². The Labute approximate surface area is 92.8 Å². The van der Waals surface area contributed by atoms with Crippen LogP contribution in [-0.2, 0) is 22.4 Å². The number of carbonyl (C=O) groups is 1. The first kappa shape index (κ1) is 10.9. The Kier molecular flexibility index (Phi) is 3.03. The highest BCUT2D eigenvalue weighted by Crippen LogP contribution is 2.23. The van der Waals surface area contributed by atoms with Crippen LogP contribution < -0.4 is 5.56 Å². The van der Waals surface area contributed by atoms with Gasteiger partial charge in [-0.2, -0.15) is 5.10 Å².